The molecule has 15 heavy (non-hydrogen) atoms. The van der Waals surface area contributed by atoms with Gasteiger partial charge < -0.3 is 30.2 Å². The Morgan fingerprint density at radius 1 is 1.40 bits per heavy atom. The summed E-state index contributed by atoms with van der Waals surface area (Å²) in [5.74, 6) is -0.332. The topological polar surface area (TPSA) is 94.2 Å². The first-order valence-electron chi connectivity index (χ1n) is 4.87. The lowest BCUT2D eigenvalue weighted by Crippen LogP contribution is -2.60. The van der Waals surface area contributed by atoms with Crippen LogP contribution in [-0.4, -0.2) is 62.2 Å². The van der Waals surface area contributed by atoms with E-state index in [1.807, 2.05) is 0 Å². The number of hydrogen-bond donors (Lipinski definition) is 3. The van der Waals surface area contributed by atoms with E-state index in [1.54, 1.807) is 0 Å². The monoisotopic (exact) mass is 221 g/mol. The van der Waals surface area contributed by atoms with Crippen molar-refractivity contribution >= 4 is 0 Å². The maximum Gasteiger partial charge on any atom is 0.175 e. The van der Waals surface area contributed by atoms with E-state index in [0.717, 1.165) is 0 Å². The highest BCUT2D eigenvalue weighted by Crippen LogP contribution is 2.25. The van der Waals surface area contributed by atoms with Crippen LogP contribution in [0.1, 0.15) is 0 Å². The average molecular weight is 221 g/mol. The van der Waals surface area contributed by atoms with Gasteiger partial charge in [0.2, 0.25) is 0 Å². The Kier molecular flexibility index (Phi) is 4.91. The third-order valence-corrected chi connectivity index (χ3v) is 2.71. The maximum absolute atomic E-state index is 9.90. The zero-order valence-corrected chi connectivity index (χ0v) is 9.00. The minimum atomic E-state index is -0.805. The molecule has 1 fully saturated rings. The normalized spacial score (nSPS) is 41.8. The molecular weight excluding hydrogens is 202 g/mol. The molecule has 0 radical (unpaired) electrons. The molecule has 0 aromatic heterocycles. The van der Waals surface area contributed by atoms with Gasteiger partial charge in [0.1, 0.15) is 0 Å². The standard InChI is InChI=1S/C9H19NO5/c1-13-4-5-6(3-11)15-9(14-2)7(10)8(5)12/h5-9,11-12H,3-4,10H2,1-2H3. The Labute approximate surface area is 88.9 Å². The molecule has 1 rings (SSSR count). The highest BCUT2D eigenvalue weighted by Gasteiger charge is 2.43. The summed E-state index contributed by atoms with van der Waals surface area (Å²) in [6, 6.07) is -0.627. The van der Waals surface area contributed by atoms with Crippen molar-refractivity contribution in [3.05, 3.63) is 0 Å². The molecule has 5 atom stereocenters. The summed E-state index contributed by atoms with van der Waals surface area (Å²) in [6.45, 7) is 0.0915. The van der Waals surface area contributed by atoms with Crippen molar-refractivity contribution in [2.24, 2.45) is 11.7 Å². The fraction of sp³-hybridized carbons (Fsp3) is 1.00. The molecule has 0 amide bonds. The van der Waals surface area contributed by atoms with E-state index >= 15 is 0 Å². The first-order chi connectivity index (χ1) is 7.15. The third-order valence-electron chi connectivity index (χ3n) is 2.71. The maximum atomic E-state index is 9.90. The van der Waals surface area contributed by atoms with Crippen molar-refractivity contribution in [1.82, 2.24) is 0 Å². The van der Waals surface area contributed by atoms with Gasteiger partial charge in [-0.15, -0.1) is 0 Å². The molecule has 0 bridgehead atoms. The number of aliphatic hydroxyl groups is 2. The molecule has 6 heteroatoms. The zero-order valence-electron chi connectivity index (χ0n) is 9.00. The quantitative estimate of drug-likeness (QED) is 0.524. The van der Waals surface area contributed by atoms with Gasteiger partial charge in [-0.2, -0.15) is 0 Å². The van der Waals surface area contributed by atoms with Gasteiger partial charge in [0.05, 0.1) is 31.5 Å². The van der Waals surface area contributed by atoms with Crippen molar-refractivity contribution in [3.63, 3.8) is 0 Å². The van der Waals surface area contributed by atoms with E-state index in [-0.39, 0.29) is 19.1 Å². The van der Waals surface area contributed by atoms with Gasteiger partial charge in [-0.3, -0.25) is 0 Å². The molecule has 1 aliphatic rings. The summed E-state index contributed by atoms with van der Waals surface area (Å²) in [4.78, 5) is 0. The van der Waals surface area contributed by atoms with E-state index in [2.05, 4.69) is 0 Å². The van der Waals surface area contributed by atoms with Crippen LogP contribution in [0.4, 0.5) is 0 Å². The van der Waals surface area contributed by atoms with Crippen LogP contribution in [0.15, 0.2) is 0 Å². The van der Waals surface area contributed by atoms with Crippen LogP contribution in [-0.2, 0) is 14.2 Å². The van der Waals surface area contributed by atoms with Crippen LogP contribution < -0.4 is 5.73 Å². The molecule has 0 aromatic rings. The molecule has 6 nitrogen and oxygen atoms in total. The van der Waals surface area contributed by atoms with Gasteiger partial charge in [0.15, 0.2) is 6.29 Å². The molecule has 5 unspecified atom stereocenters. The SMILES string of the molecule is COCC1C(CO)OC(OC)C(N)C1O. The molecule has 1 saturated heterocycles. The van der Waals surface area contributed by atoms with Crippen molar-refractivity contribution in [2.45, 2.75) is 24.5 Å². The molecule has 1 aliphatic heterocycles. The number of nitrogens with two attached hydrogens (primary N) is 1. The first-order valence-corrected chi connectivity index (χ1v) is 4.87. The third kappa shape index (κ3) is 2.66. The lowest BCUT2D eigenvalue weighted by molar-refractivity contribution is -0.248. The summed E-state index contributed by atoms with van der Waals surface area (Å²) >= 11 is 0. The molecule has 0 saturated carbocycles. The van der Waals surface area contributed by atoms with Gasteiger partial charge in [0, 0.05) is 20.1 Å². The zero-order chi connectivity index (χ0) is 11.4. The smallest absolute Gasteiger partial charge is 0.175 e. The molecule has 0 spiro atoms. The van der Waals surface area contributed by atoms with Crippen LogP contribution in [0.25, 0.3) is 0 Å². The summed E-state index contributed by atoms with van der Waals surface area (Å²) in [7, 11) is 2.97. The minimum Gasteiger partial charge on any atom is -0.394 e. The first kappa shape index (κ1) is 12.8. The number of methoxy groups -OCH3 is 2. The van der Waals surface area contributed by atoms with Crippen LogP contribution in [0.3, 0.4) is 0 Å². The van der Waals surface area contributed by atoms with E-state index in [1.165, 1.54) is 14.2 Å². The van der Waals surface area contributed by atoms with Crippen LogP contribution >= 0.6 is 0 Å². The van der Waals surface area contributed by atoms with Gasteiger partial charge in [-0.05, 0) is 0 Å². The second-order valence-corrected chi connectivity index (χ2v) is 3.65. The van der Waals surface area contributed by atoms with Gasteiger partial charge >= 0.3 is 0 Å². The summed E-state index contributed by atoms with van der Waals surface area (Å²) in [6.07, 6.45) is -2.00. The highest BCUT2D eigenvalue weighted by atomic mass is 16.7. The molecule has 0 aliphatic carbocycles. The van der Waals surface area contributed by atoms with Crippen molar-refractivity contribution in [1.29, 1.82) is 0 Å². The Bertz CT molecular complexity index is 189. The minimum absolute atomic E-state index is 0.197. The summed E-state index contributed by atoms with van der Waals surface area (Å²) < 4.78 is 15.3. The number of rotatable bonds is 4. The number of ether oxygens (including phenoxy) is 3. The average Bonchev–Trinajstić information content (AvgIpc) is 2.25. The van der Waals surface area contributed by atoms with Gasteiger partial charge in [0.25, 0.3) is 0 Å². The second kappa shape index (κ2) is 5.74. The fourth-order valence-corrected chi connectivity index (χ4v) is 1.82. The van der Waals surface area contributed by atoms with E-state index in [0.29, 0.717) is 0 Å². The van der Waals surface area contributed by atoms with Crippen LogP contribution in [0.2, 0.25) is 0 Å². The molecule has 1 heterocycles. The Morgan fingerprint density at radius 2 is 2.07 bits per heavy atom. The number of aliphatic hydroxyl groups excluding tert-OH is 2. The molecular formula is C9H19NO5. The second-order valence-electron chi connectivity index (χ2n) is 3.65. The number of hydrogen-bond acceptors (Lipinski definition) is 6. The van der Waals surface area contributed by atoms with Gasteiger partial charge in [-0.1, -0.05) is 0 Å². The van der Waals surface area contributed by atoms with Crippen LogP contribution in [0.5, 0.6) is 0 Å². The summed E-state index contributed by atoms with van der Waals surface area (Å²) in [5.41, 5.74) is 5.73. The van der Waals surface area contributed by atoms with E-state index in [4.69, 9.17) is 25.1 Å². The molecule has 4 N–H and O–H groups in total. The van der Waals surface area contributed by atoms with E-state index in [9.17, 15) is 5.11 Å². The van der Waals surface area contributed by atoms with Gasteiger partial charge in [-0.25, -0.2) is 0 Å². The lowest BCUT2D eigenvalue weighted by atomic mass is 9.89. The van der Waals surface area contributed by atoms with Crippen molar-refractivity contribution in [2.75, 3.05) is 27.4 Å². The van der Waals surface area contributed by atoms with E-state index < -0.39 is 24.5 Å². The summed E-state index contributed by atoms with van der Waals surface area (Å²) in [5, 5.41) is 19.0. The van der Waals surface area contributed by atoms with Crippen molar-refractivity contribution in [3.8, 4) is 0 Å². The largest absolute Gasteiger partial charge is 0.394 e. The predicted molar refractivity (Wildman–Crippen MR) is 52.1 cm³/mol. The fourth-order valence-electron chi connectivity index (χ4n) is 1.82. The Morgan fingerprint density at radius 3 is 2.53 bits per heavy atom. The Hall–Kier alpha value is -0.240. The highest BCUT2D eigenvalue weighted by molar-refractivity contribution is 4.91. The van der Waals surface area contributed by atoms with Crippen molar-refractivity contribution < 1.29 is 24.4 Å². The lowest BCUT2D eigenvalue weighted by Gasteiger charge is -2.42. The molecule has 90 valence electrons. The molecule has 0 aromatic carbocycles. The van der Waals surface area contributed by atoms with Crippen LogP contribution in [0, 0.1) is 5.92 Å². The predicted octanol–water partition coefficient (Wildman–Crippen LogP) is -1.70. The Balaban J connectivity index is 2.70.